The van der Waals surface area contributed by atoms with Gasteiger partial charge in [-0.15, -0.1) is 0 Å². The van der Waals surface area contributed by atoms with Crippen molar-refractivity contribution >= 4 is 44.5 Å². The molecule has 30 heavy (non-hydrogen) atoms. The number of nitrogens with one attached hydrogen (secondary N) is 2. The molecule has 9 heteroatoms. The molecule has 4 amide bonds. The minimum atomic E-state index is -1.37. The van der Waals surface area contributed by atoms with E-state index in [1.165, 1.54) is 42.5 Å². The number of hydrogen-bond donors (Lipinski definition) is 2. The van der Waals surface area contributed by atoms with Gasteiger partial charge in [-0.2, -0.15) is 0 Å². The number of halogens is 1. The second kappa shape index (κ2) is 7.17. The van der Waals surface area contributed by atoms with Crippen LogP contribution >= 0.6 is 11.3 Å². The summed E-state index contributed by atoms with van der Waals surface area (Å²) in [7, 11) is 0. The number of imide groups is 1. The molecule has 1 atom stereocenters. The SMILES string of the molecule is Cc1cc(C)c2nc(NC(=O)CN3C(=O)NC(C)(c4ccc(F)cc4)C3=O)sc2c1. The summed E-state index contributed by atoms with van der Waals surface area (Å²) in [6.07, 6.45) is 0. The third-order valence-corrected chi connectivity index (χ3v) is 5.99. The fraction of sp³-hybridized carbons (Fsp3) is 0.238. The monoisotopic (exact) mass is 426 g/mol. The number of hydrogen-bond acceptors (Lipinski definition) is 5. The Balaban J connectivity index is 1.50. The van der Waals surface area contributed by atoms with E-state index in [0.29, 0.717) is 10.7 Å². The molecule has 2 N–H and O–H groups in total. The summed E-state index contributed by atoms with van der Waals surface area (Å²) < 4.78 is 14.2. The van der Waals surface area contributed by atoms with Crippen LogP contribution in [0.1, 0.15) is 23.6 Å². The molecule has 1 unspecified atom stereocenters. The first-order valence-corrected chi connectivity index (χ1v) is 10.1. The zero-order valence-electron chi connectivity index (χ0n) is 16.6. The second-order valence-electron chi connectivity index (χ2n) is 7.45. The van der Waals surface area contributed by atoms with Crippen molar-refractivity contribution in [1.29, 1.82) is 0 Å². The number of thiazole rings is 1. The first kappa shape index (κ1) is 20.0. The maximum Gasteiger partial charge on any atom is 0.325 e. The smallest absolute Gasteiger partial charge is 0.319 e. The Kier molecular flexibility index (Phi) is 4.77. The number of aryl methyl sites for hydroxylation is 2. The molecule has 1 aliphatic rings. The maximum absolute atomic E-state index is 13.2. The zero-order chi connectivity index (χ0) is 21.6. The van der Waals surface area contributed by atoms with Gasteiger partial charge in [0.1, 0.15) is 17.9 Å². The van der Waals surface area contributed by atoms with Crippen LogP contribution in [0.15, 0.2) is 36.4 Å². The molecule has 2 aromatic carbocycles. The first-order chi connectivity index (χ1) is 14.2. The second-order valence-corrected chi connectivity index (χ2v) is 8.48. The Morgan fingerprint density at radius 3 is 2.63 bits per heavy atom. The topological polar surface area (TPSA) is 91.4 Å². The summed E-state index contributed by atoms with van der Waals surface area (Å²) in [6.45, 7) is 5.01. The summed E-state index contributed by atoms with van der Waals surface area (Å²) in [4.78, 5) is 43.1. The van der Waals surface area contributed by atoms with E-state index in [-0.39, 0.29) is 0 Å². The molecule has 4 rings (SSSR count). The number of nitrogens with zero attached hydrogens (tertiary/aromatic N) is 2. The molecule has 154 valence electrons. The van der Waals surface area contributed by atoms with E-state index in [1.807, 2.05) is 26.0 Å². The van der Waals surface area contributed by atoms with E-state index in [4.69, 9.17) is 0 Å². The Hall–Kier alpha value is -3.33. The van der Waals surface area contributed by atoms with E-state index < -0.39 is 35.7 Å². The van der Waals surface area contributed by atoms with Crippen LogP contribution in [0.5, 0.6) is 0 Å². The number of fused-ring (bicyclic) bond motifs is 1. The molecule has 2 heterocycles. The summed E-state index contributed by atoms with van der Waals surface area (Å²) in [6, 6.07) is 8.61. The Morgan fingerprint density at radius 2 is 1.93 bits per heavy atom. The summed E-state index contributed by atoms with van der Waals surface area (Å²) in [5.74, 6) is -1.56. The van der Waals surface area contributed by atoms with Gasteiger partial charge in [0.05, 0.1) is 10.2 Å². The van der Waals surface area contributed by atoms with Gasteiger partial charge in [0.2, 0.25) is 5.91 Å². The molecule has 1 aromatic heterocycles. The Labute approximate surface area is 175 Å². The number of carbonyl (C=O) groups excluding carboxylic acids is 3. The summed E-state index contributed by atoms with van der Waals surface area (Å²) >= 11 is 1.33. The third-order valence-electron chi connectivity index (χ3n) is 5.07. The fourth-order valence-electron chi connectivity index (χ4n) is 3.55. The highest BCUT2D eigenvalue weighted by atomic mass is 32.1. The molecular formula is C21H19FN4O3S. The molecule has 1 aliphatic heterocycles. The lowest BCUT2D eigenvalue weighted by molar-refractivity contribution is -0.133. The van der Waals surface area contributed by atoms with Crippen molar-refractivity contribution in [2.75, 3.05) is 11.9 Å². The lowest BCUT2D eigenvalue weighted by atomic mass is 9.92. The zero-order valence-corrected chi connectivity index (χ0v) is 17.4. The average Bonchev–Trinajstić information content (AvgIpc) is 3.16. The molecule has 7 nitrogen and oxygen atoms in total. The Morgan fingerprint density at radius 1 is 1.23 bits per heavy atom. The van der Waals surface area contributed by atoms with Gasteiger partial charge in [-0.3, -0.25) is 14.5 Å². The molecule has 0 saturated carbocycles. The van der Waals surface area contributed by atoms with Crippen LogP contribution in [0.25, 0.3) is 10.2 Å². The summed E-state index contributed by atoms with van der Waals surface area (Å²) in [5.41, 5.74) is 1.98. The van der Waals surface area contributed by atoms with E-state index in [2.05, 4.69) is 15.6 Å². The van der Waals surface area contributed by atoms with Gasteiger partial charge in [0.25, 0.3) is 5.91 Å². The number of urea groups is 1. The van der Waals surface area contributed by atoms with Gasteiger partial charge in [0.15, 0.2) is 5.13 Å². The highest BCUT2D eigenvalue weighted by molar-refractivity contribution is 7.22. The fourth-order valence-corrected chi connectivity index (χ4v) is 4.60. The van der Waals surface area contributed by atoms with Crippen molar-refractivity contribution in [2.24, 2.45) is 0 Å². The van der Waals surface area contributed by atoms with Crippen molar-refractivity contribution < 1.29 is 18.8 Å². The van der Waals surface area contributed by atoms with E-state index in [0.717, 1.165) is 26.2 Å². The predicted molar refractivity (Wildman–Crippen MR) is 112 cm³/mol. The molecule has 0 radical (unpaired) electrons. The van der Waals surface area contributed by atoms with Gasteiger partial charge in [-0.1, -0.05) is 29.5 Å². The van der Waals surface area contributed by atoms with Crippen molar-refractivity contribution in [3.05, 3.63) is 58.9 Å². The highest BCUT2D eigenvalue weighted by Gasteiger charge is 2.49. The molecule has 1 fully saturated rings. The Bertz CT molecular complexity index is 1190. The predicted octanol–water partition coefficient (Wildman–Crippen LogP) is 3.46. The number of benzene rings is 2. The van der Waals surface area contributed by atoms with Crippen LogP contribution in [-0.4, -0.2) is 34.3 Å². The van der Waals surface area contributed by atoms with Crippen molar-refractivity contribution in [3.63, 3.8) is 0 Å². The lowest BCUT2D eigenvalue weighted by Gasteiger charge is -2.22. The van der Waals surface area contributed by atoms with Crippen LogP contribution < -0.4 is 10.6 Å². The van der Waals surface area contributed by atoms with Gasteiger partial charge in [0, 0.05) is 0 Å². The molecular weight excluding hydrogens is 407 g/mol. The number of aromatic nitrogens is 1. The van der Waals surface area contributed by atoms with Crippen LogP contribution in [0.4, 0.5) is 14.3 Å². The quantitative estimate of drug-likeness (QED) is 0.625. The van der Waals surface area contributed by atoms with E-state index in [1.54, 1.807) is 0 Å². The van der Waals surface area contributed by atoms with Gasteiger partial charge in [-0.05, 0) is 55.7 Å². The van der Waals surface area contributed by atoms with Gasteiger partial charge < -0.3 is 10.6 Å². The van der Waals surface area contributed by atoms with E-state index >= 15 is 0 Å². The minimum Gasteiger partial charge on any atom is -0.319 e. The number of amides is 4. The molecule has 0 bridgehead atoms. The van der Waals surface area contributed by atoms with Crippen LogP contribution in [0, 0.1) is 19.7 Å². The molecule has 0 aliphatic carbocycles. The highest BCUT2D eigenvalue weighted by Crippen LogP contribution is 2.31. The van der Waals surface area contributed by atoms with Crippen molar-refractivity contribution in [1.82, 2.24) is 15.2 Å². The van der Waals surface area contributed by atoms with Gasteiger partial charge >= 0.3 is 6.03 Å². The van der Waals surface area contributed by atoms with Crippen LogP contribution in [0.2, 0.25) is 0 Å². The number of anilines is 1. The average molecular weight is 426 g/mol. The number of rotatable bonds is 4. The first-order valence-electron chi connectivity index (χ1n) is 9.25. The molecule has 1 saturated heterocycles. The van der Waals surface area contributed by atoms with Crippen molar-refractivity contribution in [2.45, 2.75) is 26.3 Å². The van der Waals surface area contributed by atoms with Crippen LogP contribution in [-0.2, 0) is 15.1 Å². The van der Waals surface area contributed by atoms with E-state index in [9.17, 15) is 18.8 Å². The normalized spacial score (nSPS) is 18.7. The summed E-state index contributed by atoms with van der Waals surface area (Å²) in [5, 5.41) is 5.66. The lowest BCUT2D eigenvalue weighted by Crippen LogP contribution is -2.42. The largest absolute Gasteiger partial charge is 0.325 e. The minimum absolute atomic E-state index is 0.400. The third kappa shape index (κ3) is 3.41. The van der Waals surface area contributed by atoms with Crippen molar-refractivity contribution in [3.8, 4) is 0 Å². The number of carbonyl (C=O) groups is 3. The standard InChI is InChI=1S/C21H19FN4O3S/c1-11-8-12(2)17-15(9-11)30-19(24-17)23-16(27)10-26-18(28)21(3,25-20(26)29)13-4-6-14(22)7-5-13/h4-9H,10H2,1-3H3,(H,25,29)(H,23,24,27). The van der Waals surface area contributed by atoms with Gasteiger partial charge in [-0.25, -0.2) is 14.2 Å². The van der Waals surface area contributed by atoms with Crippen LogP contribution in [0.3, 0.4) is 0 Å². The molecule has 3 aromatic rings. The maximum atomic E-state index is 13.2. The molecule has 0 spiro atoms.